The zero-order valence-corrected chi connectivity index (χ0v) is 11.3. The Hall–Kier alpha value is -0.430. The fourth-order valence-electron chi connectivity index (χ4n) is 1.98. The first-order valence-corrected chi connectivity index (χ1v) is 7.86. The summed E-state index contributed by atoms with van der Waals surface area (Å²) >= 11 is 5.83. The van der Waals surface area contributed by atoms with Gasteiger partial charge in [0.1, 0.15) is 0 Å². The van der Waals surface area contributed by atoms with Crippen LogP contribution in [0.3, 0.4) is 0 Å². The van der Waals surface area contributed by atoms with Gasteiger partial charge >= 0.3 is 0 Å². The van der Waals surface area contributed by atoms with Gasteiger partial charge in [0.05, 0.1) is 6.19 Å². The molecule has 0 saturated carbocycles. The number of fused-ring (bicyclic) bond motifs is 1. The van der Waals surface area contributed by atoms with E-state index < -0.39 is 6.19 Å². The van der Waals surface area contributed by atoms with Gasteiger partial charge in [-0.05, 0) is 44.9 Å². The van der Waals surface area contributed by atoms with Crippen molar-refractivity contribution in [2.24, 2.45) is 0 Å². The van der Waals surface area contributed by atoms with Crippen LogP contribution in [-0.4, -0.2) is 18.8 Å². The van der Waals surface area contributed by atoms with E-state index >= 15 is 0 Å². The molecule has 1 heterocycles. The van der Waals surface area contributed by atoms with Crippen LogP contribution in [0.25, 0.3) is 5.57 Å². The molecule has 0 aliphatic carbocycles. The third kappa shape index (κ3) is 1.61. The highest BCUT2D eigenvalue weighted by molar-refractivity contribution is 8.18. The van der Waals surface area contributed by atoms with Gasteiger partial charge in [-0.15, -0.1) is 0 Å². The second-order valence-electron chi connectivity index (χ2n) is 4.30. The Labute approximate surface area is 96.9 Å². The van der Waals surface area contributed by atoms with E-state index in [-0.39, 0.29) is 0 Å². The van der Waals surface area contributed by atoms with Gasteiger partial charge < -0.3 is 0 Å². The molecule has 0 amide bonds. The predicted molar refractivity (Wildman–Crippen MR) is 72.4 cm³/mol. The van der Waals surface area contributed by atoms with E-state index in [2.05, 4.69) is 56.6 Å². The van der Waals surface area contributed by atoms with Crippen LogP contribution >= 0.6 is 6.19 Å². The molecule has 0 bridgehead atoms. The Kier molecular flexibility index (Phi) is 2.62. The maximum absolute atomic E-state index is 5.83. The molecule has 1 aliphatic heterocycles. The third-order valence-electron chi connectivity index (χ3n) is 2.88. The molecule has 0 aromatic heterocycles. The number of aryl methyl sites for hydroxylation is 1. The standard InChI is InChI=1S/C12H16NPS/c1-9-5-6-12-11(7-9)10(2)8-14(12,15)13(3)4/h5-8H,1-4H3. The first kappa shape index (κ1) is 11.1. The van der Waals surface area contributed by atoms with E-state index in [0.29, 0.717) is 0 Å². The molecule has 15 heavy (non-hydrogen) atoms. The van der Waals surface area contributed by atoms with Crippen molar-refractivity contribution in [1.29, 1.82) is 0 Å². The van der Waals surface area contributed by atoms with Gasteiger partial charge in [-0.3, -0.25) is 4.67 Å². The van der Waals surface area contributed by atoms with Crippen molar-refractivity contribution in [3.8, 4) is 0 Å². The number of benzene rings is 1. The lowest BCUT2D eigenvalue weighted by molar-refractivity contribution is 0.688. The lowest BCUT2D eigenvalue weighted by atomic mass is 10.1. The second kappa shape index (κ2) is 3.55. The molecule has 1 atom stereocenters. The Bertz CT molecular complexity index is 488. The summed E-state index contributed by atoms with van der Waals surface area (Å²) in [5.74, 6) is 2.28. The van der Waals surface area contributed by atoms with Gasteiger partial charge in [0, 0.05) is 5.30 Å². The van der Waals surface area contributed by atoms with Crippen LogP contribution in [0.1, 0.15) is 18.1 Å². The molecular formula is C12H16NPS. The highest BCUT2D eigenvalue weighted by Crippen LogP contribution is 2.55. The highest BCUT2D eigenvalue weighted by Gasteiger charge is 2.28. The number of allylic oxidation sites excluding steroid dienone is 1. The fourth-order valence-corrected chi connectivity index (χ4v) is 5.27. The molecule has 1 aliphatic rings. The third-order valence-corrected chi connectivity index (χ3v) is 7.78. The molecule has 0 N–H and O–H groups in total. The van der Waals surface area contributed by atoms with Gasteiger partial charge in [0.15, 0.2) is 0 Å². The summed E-state index contributed by atoms with van der Waals surface area (Å²) in [6, 6.07) is 6.62. The summed E-state index contributed by atoms with van der Waals surface area (Å²) in [6.45, 7) is 4.29. The van der Waals surface area contributed by atoms with Crippen molar-refractivity contribution in [3.63, 3.8) is 0 Å². The van der Waals surface area contributed by atoms with E-state index in [1.807, 2.05) is 0 Å². The minimum absolute atomic E-state index is 1.31. The Balaban J connectivity index is 2.69. The quantitative estimate of drug-likeness (QED) is 0.691. The minimum Gasteiger partial charge on any atom is -0.275 e. The Morgan fingerprint density at radius 3 is 2.47 bits per heavy atom. The first-order valence-electron chi connectivity index (χ1n) is 5.04. The lowest BCUT2D eigenvalue weighted by Crippen LogP contribution is -2.16. The molecule has 2 rings (SSSR count). The number of rotatable bonds is 1. The average Bonchev–Trinajstić information content (AvgIpc) is 2.40. The van der Waals surface area contributed by atoms with Gasteiger partial charge in [0.25, 0.3) is 0 Å². The zero-order valence-electron chi connectivity index (χ0n) is 9.61. The van der Waals surface area contributed by atoms with Gasteiger partial charge in [-0.1, -0.05) is 35.6 Å². The molecule has 80 valence electrons. The maximum Gasteiger partial charge on any atom is 0.0643 e. The first-order chi connectivity index (χ1) is 6.95. The summed E-state index contributed by atoms with van der Waals surface area (Å²) in [6.07, 6.45) is -1.60. The SMILES string of the molecule is CC1=CP(=S)(N(C)C)c2ccc(C)cc21. The second-order valence-corrected chi connectivity index (χ2v) is 8.76. The van der Waals surface area contributed by atoms with E-state index in [1.54, 1.807) is 0 Å². The van der Waals surface area contributed by atoms with Crippen LogP contribution in [0.2, 0.25) is 0 Å². The molecule has 1 aromatic carbocycles. The largest absolute Gasteiger partial charge is 0.275 e. The highest BCUT2D eigenvalue weighted by atomic mass is 32.4. The van der Waals surface area contributed by atoms with Crippen molar-refractivity contribution in [2.75, 3.05) is 14.1 Å². The van der Waals surface area contributed by atoms with Crippen LogP contribution in [0.4, 0.5) is 0 Å². The predicted octanol–water partition coefficient (Wildman–Crippen LogP) is 2.95. The summed E-state index contributed by atoms with van der Waals surface area (Å²) in [4.78, 5) is 0. The van der Waals surface area contributed by atoms with Gasteiger partial charge in [-0.25, -0.2) is 0 Å². The van der Waals surface area contributed by atoms with Crippen LogP contribution in [0, 0.1) is 6.92 Å². The molecule has 1 nitrogen and oxygen atoms in total. The van der Waals surface area contributed by atoms with E-state index in [4.69, 9.17) is 11.8 Å². The number of hydrogen-bond donors (Lipinski definition) is 0. The number of nitrogens with zero attached hydrogens (tertiary/aromatic N) is 1. The molecule has 3 heteroatoms. The zero-order chi connectivity index (χ0) is 11.2. The summed E-state index contributed by atoms with van der Waals surface area (Å²) in [5.41, 5.74) is 4.00. The summed E-state index contributed by atoms with van der Waals surface area (Å²) in [7, 11) is 4.17. The molecular weight excluding hydrogens is 221 g/mol. The lowest BCUT2D eigenvalue weighted by Gasteiger charge is -2.24. The van der Waals surface area contributed by atoms with E-state index in [1.165, 1.54) is 22.0 Å². The fraction of sp³-hybridized carbons (Fsp3) is 0.333. The van der Waals surface area contributed by atoms with Crippen molar-refractivity contribution in [1.82, 2.24) is 4.67 Å². The molecule has 0 radical (unpaired) electrons. The van der Waals surface area contributed by atoms with Crippen LogP contribution in [-0.2, 0) is 11.8 Å². The molecule has 1 unspecified atom stereocenters. The van der Waals surface area contributed by atoms with E-state index in [0.717, 1.165) is 0 Å². The Morgan fingerprint density at radius 1 is 1.20 bits per heavy atom. The smallest absolute Gasteiger partial charge is 0.0643 e. The van der Waals surface area contributed by atoms with E-state index in [9.17, 15) is 0 Å². The van der Waals surface area contributed by atoms with Gasteiger partial charge in [0.2, 0.25) is 0 Å². The number of hydrogen-bond acceptors (Lipinski definition) is 1. The van der Waals surface area contributed by atoms with Crippen molar-refractivity contribution >= 4 is 28.9 Å². The molecule has 0 saturated heterocycles. The molecule has 0 spiro atoms. The Morgan fingerprint density at radius 2 is 1.87 bits per heavy atom. The van der Waals surface area contributed by atoms with Crippen molar-refractivity contribution < 1.29 is 0 Å². The van der Waals surface area contributed by atoms with Crippen molar-refractivity contribution in [2.45, 2.75) is 13.8 Å². The van der Waals surface area contributed by atoms with Crippen LogP contribution < -0.4 is 5.30 Å². The minimum atomic E-state index is -1.60. The van der Waals surface area contributed by atoms with Crippen LogP contribution in [0.5, 0.6) is 0 Å². The average molecular weight is 237 g/mol. The van der Waals surface area contributed by atoms with Crippen molar-refractivity contribution in [3.05, 3.63) is 35.1 Å². The monoisotopic (exact) mass is 237 g/mol. The molecule has 1 aromatic rings. The normalized spacial score (nSPS) is 24.2. The molecule has 0 fully saturated rings. The maximum atomic E-state index is 5.83. The summed E-state index contributed by atoms with van der Waals surface area (Å²) < 4.78 is 2.20. The van der Waals surface area contributed by atoms with Crippen LogP contribution in [0.15, 0.2) is 24.0 Å². The topological polar surface area (TPSA) is 3.24 Å². The summed E-state index contributed by atoms with van der Waals surface area (Å²) in [5, 5.41) is 1.35. The van der Waals surface area contributed by atoms with Gasteiger partial charge in [-0.2, -0.15) is 0 Å².